The first-order valence-corrected chi connectivity index (χ1v) is 13.2. The highest BCUT2D eigenvalue weighted by molar-refractivity contribution is 6.36. The zero-order valence-electron chi connectivity index (χ0n) is 20.8. The van der Waals surface area contributed by atoms with Crippen LogP contribution in [0.5, 0.6) is 0 Å². The summed E-state index contributed by atoms with van der Waals surface area (Å²) in [7, 11) is 3.47. The Hall–Kier alpha value is -2.93. The summed E-state index contributed by atoms with van der Waals surface area (Å²) in [5.74, 6) is 0.223. The van der Waals surface area contributed by atoms with Crippen LogP contribution < -0.4 is 10.6 Å². The summed E-state index contributed by atoms with van der Waals surface area (Å²) >= 11 is 13.4. The maximum Gasteiger partial charge on any atom is 0.323 e. The summed E-state index contributed by atoms with van der Waals surface area (Å²) < 4.78 is 12.2. The van der Waals surface area contributed by atoms with Gasteiger partial charge in [0.2, 0.25) is 0 Å². The number of hydrogen-bond donors (Lipinski definition) is 3. The highest BCUT2D eigenvalue weighted by Crippen LogP contribution is 2.44. The summed E-state index contributed by atoms with van der Waals surface area (Å²) in [6.45, 7) is 0.433. The molecule has 5 rings (SSSR count). The topological polar surface area (TPSA) is 79.8 Å². The Morgan fingerprint density at radius 3 is 2.62 bits per heavy atom. The van der Waals surface area contributed by atoms with Crippen LogP contribution in [0.4, 0.5) is 5.69 Å². The minimum Gasteiger partial charge on any atom is -0.500 e. The molecule has 8 heteroatoms. The quantitative estimate of drug-likeness (QED) is 0.340. The van der Waals surface area contributed by atoms with E-state index < -0.39 is 11.5 Å². The average Bonchev–Trinajstić information content (AvgIpc) is 3.62. The van der Waals surface area contributed by atoms with Crippen LogP contribution in [0.1, 0.15) is 36.5 Å². The Kier molecular flexibility index (Phi) is 7.26. The van der Waals surface area contributed by atoms with Crippen LogP contribution in [0, 0.1) is 5.92 Å². The minimum absolute atomic E-state index is 0.163. The van der Waals surface area contributed by atoms with Crippen molar-refractivity contribution in [3.63, 3.8) is 0 Å². The number of allylic oxidation sites excluding steroid dienone is 3. The molecule has 0 radical (unpaired) electrons. The Labute approximate surface area is 226 Å². The van der Waals surface area contributed by atoms with Crippen LogP contribution in [0.15, 0.2) is 71.2 Å². The van der Waals surface area contributed by atoms with Gasteiger partial charge in [0.05, 0.1) is 22.9 Å². The van der Waals surface area contributed by atoms with Crippen molar-refractivity contribution in [3.05, 3.63) is 87.3 Å². The van der Waals surface area contributed by atoms with Gasteiger partial charge < -0.3 is 25.2 Å². The summed E-state index contributed by atoms with van der Waals surface area (Å²) in [5.41, 5.74) is 4.52. The van der Waals surface area contributed by atoms with Crippen molar-refractivity contribution >= 4 is 34.9 Å². The van der Waals surface area contributed by atoms with Crippen molar-refractivity contribution in [3.8, 4) is 11.1 Å². The number of ether oxygens (including phenoxy) is 2. The van der Waals surface area contributed by atoms with Gasteiger partial charge in [-0.1, -0.05) is 59.6 Å². The highest BCUT2D eigenvalue weighted by Gasteiger charge is 2.50. The lowest BCUT2D eigenvalue weighted by molar-refractivity contribution is -0.140. The fourth-order valence-electron chi connectivity index (χ4n) is 5.13. The lowest BCUT2D eigenvalue weighted by atomic mass is 9.96. The van der Waals surface area contributed by atoms with E-state index in [9.17, 15) is 9.90 Å². The number of nitrogens with one attached hydrogen (secondary N) is 2. The predicted octanol–water partition coefficient (Wildman–Crippen LogP) is 6.43. The fourth-order valence-corrected chi connectivity index (χ4v) is 5.62. The molecule has 3 aliphatic carbocycles. The molecule has 1 fully saturated rings. The van der Waals surface area contributed by atoms with Crippen molar-refractivity contribution in [1.29, 1.82) is 0 Å². The van der Waals surface area contributed by atoms with Crippen LogP contribution in [-0.2, 0) is 20.7 Å². The van der Waals surface area contributed by atoms with Crippen LogP contribution in [0.2, 0.25) is 5.02 Å². The smallest absolute Gasteiger partial charge is 0.323 e. The first kappa shape index (κ1) is 25.7. The molecule has 2 unspecified atom stereocenters. The van der Waals surface area contributed by atoms with Crippen LogP contribution in [0.3, 0.4) is 0 Å². The molecule has 2 aromatic carbocycles. The normalized spacial score (nSPS) is 21.7. The SMILES string of the molecule is CNc1cccc(-c2cccc3c2CCC3OC2=C(Cl)C=CC(CNC3(C(=O)O)CC3)C(OC)=C2)c1Cl. The third-order valence-corrected chi connectivity index (χ3v) is 8.17. The predicted molar refractivity (Wildman–Crippen MR) is 147 cm³/mol. The fraction of sp³-hybridized carbons (Fsp3) is 0.345. The number of hydrogen-bond acceptors (Lipinski definition) is 5. The molecule has 0 heterocycles. The van der Waals surface area contributed by atoms with E-state index in [0.717, 1.165) is 35.2 Å². The molecular weight excluding hydrogens is 511 g/mol. The summed E-state index contributed by atoms with van der Waals surface area (Å²) in [6.07, 6.45) is 8.33. The third-order valence-electron chi connectivity index (χ3n) is 7.45. The summed E-state index contributed by atoms with van der Waals surface area (Å²) in [6, 6.07) is 12.2. The lowest BCUT2D eigenvalue weighted by Crippen LogP contribution is -2.41. The van der Waals surface area contributed by atoms with E-state index in [-0.39, 0.29) is 12.0 Å². The standard InChI is InChI=1S/C29H30Cl2N2O4/c1-32-23-8-4-7-21(27(23)31)18-5-3-6-20-19(18)10-12-24(20)37-26-15-25(36-2)17(9-11-22(26)30)16-33-29(13-14-29)28(34)35/h3-9,11,15,17,24,32-33H,10,12-14,16H2,1-2H3,(H,34,35). The van der Waals surface area contributed by atoms with Gasteiger partial charge in [0.25, 0.3) is 0 Å². The van der Waals surface area contributed by atoms with Crippen molar-refractivity contribution < 1.29 is 19.4 Å². The zero-order valence-corrected chi connectivity index (χ0v) is 22.3. The monoisotopic (exact) mass is 540 g/mol. The number of halogens is 2. The van der Waals surface area contributed by atoms with E-state index in [1.807, 2.05) is 43.5 Å². The number of methoxy groups -OCH3 is 1. The molecule has 3 N–H and O–H groups in total. The Balaban J connectivity index is 1.38. The first-order chi connectivity index (χ1) is 17.9. The Morgan fingerprint density at radius 1 is 1.16 bits per heavy atom. The molecule has 6 nitrogen and oxygen atoms in total. The highest BCUT2D eigenvalue weighted by atomic mass is 35.5. The molecule has 194 valence electrons. The Bertz CT molecular complexity index is 1310. The number of aliphatic carboxylic acids is 1. The van der Waals surface area contributed by atoms with Crippen LogP contribution >= 0.6 is 23.2 Å². The number of anilines is 1. The van der Waals surface area contributed by atoms with Gasteiger partial charge in [-0.2, -0.15) is 0 Å². The molecular formula is C29H30Cl2N2O4. The number of carboxylic acids is 1. The van der Waals surface area contributed by atoms with E-state index in [1.165, 1.54) is 5.56 Å². The van der Waals surface area contributed by atoms with E-state index >= 15 is 0 Å². The molecule has 1 saturated carbocycles. The van der Waals surface area contributed by atoms with Gasteiger partial charge in [0, 0.05) is 31.1 Å². The molecule has 37 heavy (non-hydrogen) atoms. The number of carboxylic acid groups (broad SMARTS) is 1. The second-order valence-corrected chi connectivity index (χ2v) is 10.4. The van der Waals surface area contributed by atoms with Gasteiger partial charge in [0.15, 0.2) is 0 Å². The van der Waals surface area contributed by atoms with E-state index in [0.29, 0.717) is 41.0 Å². The molecule has 0 bridgehead atoms. The maximum atomic E-state index is 11.6. The van der Waals surface area contributed by atoms with E-state index in [4.69, 9.17) is 32.7 Å². The van der Waals surface area contributed by atoms with Crippen LogP contribution in [0.25, 0.3) is 11.1 Å². The van der Waals surface area contributed by atoms with Crippen molar-refractivity contribution in [2.75, 3.05) is 26.0 Å². The Morgan fingerprint density at radius 2 is 1.92 bits per heavy atom. The zero-order chi connectivity index (χ0) is 26.2. The van der Waals surface area contributed by atoms with Gasteiger partial charge in [-0.15, -0.1) is 0 Å². The molecule has 0 aliphatic heterocycles. The average molecular weight is 541 g/mol. The lowest BCUT2D eigenvalue weighted by Gasteiger charge is -2.20. The first-order valence-electron chi connectivity index (χ1n) is 12.4. The van der Waals surface area contributed by atoms with E-state index in [2.05, 4.69) is 22.8 Å². The van der Waals surface area contributed by atoms with Crippen molar-refractivity contribution in [1.82, 2.24) is 5.32 Å². The number of rotatable bonds is 9. The second kappa shape index (κ2) is 10.4. The molecule has 2 atom stereocenters. The van der Waals surface area contributed by atoms with Crippen molar-refractivity contribution in [2.45, 2.75) is 37.3 Å². The number of benzene rings is 2. The molecule has 0 spiro atoms. The summed E-state index contributed by atoms with van der Waals surface area (Å²) in [4.78, 5) is 11.6. The van der Waals surface area contributed by atoms with Gasteiger partial charge in [-0.25, -0.2) is 0 Å². The molecule has 0 saturated heterocycles. The number of fused-ring (bicyclic) bond motifs is 1. The number of carbonyl (C=O) groups is 1. The maximum absolute atomic E-state index is 11.6. The largest absolute Gasteiger partial charge is 0.500 e. The third kappa shape index (κ3) is 4.98. The summed E-state index contributed by atoms with van der Waals surface area (Å²) in [5, 5.41) is 17.0. The van der Waals surface area contributed by atoms with Crippen molar-refractivity contribution in [2.24, 2.45) is 5.92 Å². The van der Waals surface area contributed by atoms with Gasteiger partial charge in [0.1, 0.15) is 23.2 Å². The molecule has 2 aromatic rings. The second-order valence-electron chi connectivity index (χ2n) is 9.63. The molecule has 3 aliphatic rings. The molecule has 0 aromatic heterocycles. The van der Waals surface area contributed by atoms with Gasteiger partial charge >= 0.3 is 5.97 Å². The van der Waals surface area contributed by atoms with Crippen LogP contribution in [-0.4, -0.2) is 37.3 Å². The molecule has 0 amide bonds. The van der Waals surface area contributed by atoms with Gasteiger partial charge in [-0.05, 0) is 54.5 Å². The van der Waals surface area contributed by atoms with E-state index in [1.54, 1.807) is 13.2 Å². The minimum atomic E-state index is -0.823. The van der Waals surface area contributed by atoms with Gasteiger partial charge in [-0.3, -0.25) is 4.79 Å².